The molecule has 0 radical (unpaired) electrons. The topological polar surface area (TPSA) is 46.2 Å². The summed E-state index contributed by atoms with van der Waals surface area (Å²) in [5, 5.41) is 2.83. The Morgan fingerprint density at radius 1 is 1.47 bits per heavy atom. The van der Waals surface area contributed by atoms with Crippen LogP contribution >= 0.6 is 15.9 Å². The zero-order chi connectivity index (χ0) is 11.5. The summed E-state index contributed by atoms with van der Waals surface area (Å²) in [5.74, 6) is -0.343. The number of rotatable bonds is 4. The van der Waals surface area contributed by atoms with Crippen molar-refractivity contribution in [3.63, 3.8) is 0 Å². The highest BCUT2D eigenvalue weighted by Crippen LogP contribution is 2.18. The Morgan fingerprint density at radius 2 is 2.13 bits per heavy atom. The largest absolute Gasteiger partial charge is 0.384 e. The molecule has 0 saturated heterocycles. The molecule has 0 atom stereocenters. The van der Waals surface area contributed by atoms with Gasteiger partial charge in [0, 0.05) is 18.5 Å². The Labute approximate surface area is 96.7 Å². The van der Waals surface area contributed by atoms with E-state index in [1.807, 2.05) is 0 Å². The first-order valence-corrected chi connectivity index (χ1v) is 7.10. The predicted octanol–water partition coefficient (Wildman–Crippen LogP) is 2.04. The van der Waals surface area contributed by atoms with Gasteiger partial charge in [-0.05, 0) is 34.1 Å². The van der Waals surface area contributed by atoms with Crippen LogP contribution in [-0.2, 0) is 9.84 Å². The van der Waals surface area contributed by atoms with E-state index in [0.29, 0.717) is 10.2 Å². The highest BCUT2D eigenvalue weighted by atomic mass is 79.9. The third kappa shape index (κ3) is 4.61. The van der Waals surface area contributed by atoms with Gasteiger partial charge in [-0.2, -0.15) is 0 Å². The van der Waals surface area contributed by atoms with E-state index < -0.39 is 9.84 Å². The summed E-state index contributed by atoms with van der Waals surface area (Å²) in [4.78, 5) is 0. The van der Waals surface area contributed by atoms with E-state index in [-0.39, 0.29) is 18.1 Å². The predicted molar refractivity (Wildman–Crippen MR) is 62.3 cm³/mol. The van der Waals surface area contributed by atoms with Crippen molar-refractivity contribution < 1.29 is 12.8 Å². The Kier molecular flexibility index (Phi) is 4.10. The molecule has 0 saturated carbocycles. The second kappa shape index (κ2) is 4.94. The van der Waals surface area contributed by atoms with Crippen molar-refractivity contribution >= 4 is 31.5 Å². The summed E-state index contributed by atoms with van der Waals surface area (Å²) >= 11 is 3.03. The molecule has 84 valence electrons. The summed E-state index contributed by atoms with van der Waals surface area (Å²) in [6.07, 6.45) is 1.16. The molecule has 0 heterocycles. The average molecular weight is 296 g/mol. The zero-order valence-electron chi connectivity index (χ0n) is 8.13. The van der Waals surface area contributed by atoms with Crippen molar-refractivity contribution in [1.29, 1.82) is 0 Å². The fourth-order valence-corrected chi connectivity index (χ4v) is 1.71. The van der Waals surface area contributed by atoms with Gasteiger partial charge in [-0.25, -0.2) is 12.8 Å². The molecule has 0 fully saturated rings. The molecule has 3 nitrogen and oxygen atoms in total. The summed E-state index contributed by atoms with van der Waals surface area (Å²) in [5.41, 5.74) is 0.569. The molecule has 0 aliphatic carbocycles. The first-order valence-electron chi connectivity index (χ1n) is 4.25. The third-order valence-electron chi connectivity index (χ3n) is 1.72. The minimum Gasteiger partial charge on any atom is -0.384 e. The minimum absolute atomic E-state index is 0.0324. The van der Waals surface area contributed by atoms with Crippen LogP contribution in [0.15, 0.2) is 22.7 Å². The molecule has 0 aliphatic rings. The standard InChI is InChI=1S/C9H11BrFNO2S/c1-15(13,14)5-4-12-7-2-3-8(10)9(11)6-7/h2-3,6,12H,4-5H2,1H3. The molecular weight excluding hydrogens is 285 g/mol. The van der Waals surface area contributed by atoms with Gasteiger partial charge < -0.3 is 5.32 Å². The minimum atomic E-state index is -2.98. The molecule has 1 rings (SSSR count). The van der Waals surface area contributed by atoms with E-state index in [4.69, 9.17) is 0 Å². The monoisotopic (exact) mass is 295 g/mol. The van der Waals surface area contributed by atoms with Crippen molar-refractivity contribution in [2.24, 2.45) is 0 Å². The van der Waals surface area contributed by atoms with Gasteiger partial charge >= 0.3 is 0 Å². The Balaban J connectivity index is 2.55. The highest BCUT2D eigenvalue weighted by Gasteiger charge is 2.03. The average Bonchev–Trinajstić information content (AvgIpc) is 2.09. The first kappa shape index (κ1) is 12.4. The Morgan fingerprint density at radius 3 is 2.67 bits per heavy atom. The van der Waals surface area contributed by atoms with Crippen LogP contribution in [0.2, 0.25) is 0 Å². The SMILES string of the molecule is CS(=O)(=O)CCNc1ccc(Br)c(F)c1. The van der Waals surface area contributed by atoms with Gasteiger partial charge in [0.25, 0.3) is 0 Å². The molecule has 6 heteroatoms. The molecule has 1 aromatic rings. The van der Waals surface area contributed by atoms with Gasteiger partial charge in [-0.3, -0.25) is 0 Å². The fraction of sp³-hybridized carbons (Fsp3) is 0.333. The van der Waals surface area contributed by atoms with Gasteiger partial charge in [0.2, 0.25) is 0 Å². The van der Waals surface area contributed by atoms with Gasteiger partial charge in [0.1, 0.15) is 15.7 Å². The lowest BCUT2D eigenvalue weighted by atomic mass is 10.3. The molecular formula is C9H11BrFNO2S. The van der Waals surface area contributed by atoms with E-state index >= 15 is 0 Å². The molecule has 0 spiro atoms. The second-order valence-corrected chi connectivity index (χ2v) is 6.30. The quantitative estimate of drug-likeness (QED) is 0.925. The lowest BCUT2D eigenvalue weighted by Gasteiger charge is -2.05. The lowest BCUT2D eigenvalue weighted by molar-refractivity contribution is 0.602. The molecule has 0 bridgehead atoms. The smallest absolute Gasteiger partial charge is 0.149 e. The fourth-order valence-electron chi connectivity index (χ4n) is 0.987. The van der Waals surface area contributed by atoms with E-state index in [1.165, 1.54) is 6.07 Å². The molecule has 0 aliphatic heterocycles. The van der Waals surface area contributed by atoms with Gasteiger partial charge in [0.05, 0.1) is 10.2 Å². The maximum Gasteiger partial charge on any atom is 0.149 e. The van der Waals surface area contributed by atoms with Crippen molar-refractivity contribution in [3.05, 3.63) is 28.5 Å². The Hall–Kier alpha value is -0.620. The summed E-state index contributed by atoms with van der Waals surface area (Å²) in [6, 6.07) is 4.56. The molecule has 0 unspecified atom stereocenters. The summed E-state index contributed by atoms with van der Waals surface area (Å²) in [6.45, 7) is 0.278. The number of hydrogen-bond donors (Lipinski definition) is 1. The third-order valence-corrected chi connectivity index (χ3v) is 3.31. The van der Waals surface area contributed by atoms with Crippen molar-refractivity contribution in [3.8, 4) is 0 Å². The van der Waals surface area contributed by atoms with Crippen molar-refractivity contribution in [2.45, 2.75) is 0 Å². The molecule has 1 aromatic carbocycles. The summed E-state index contributed by atoms with van der Waals surface area (Å²) in [7, 11) is -2.98. The second-order valence-electron chi connectivity index (χ2n) is 3.19. The number of anilines is 1. The number of hydrogen-bond acceptors (Lipinski definition) is 3. The van der Waals surface area contributed by atoms with Gasteiger partial charge in [0.15, 0.2) is 0 Å². The Bertz CT molecular complexity index is 447. The zero-order valence-corrected chi connectivity index (χ0v) is 10.5. The van der Waals surface area contributed by atoms with Crippen LogP contribution in [0.25, 0.3) is 0 Å². The number of sulfone groups is 1. The number of halogens is 2. The summed E-state index contributed by atoms with van der Waals surface area (Å²) < 4.78 is 35.1. The van der Waals surface area contributed by atoms with Gasteiger partial charge in [-0.1, -0.05) is 0 Å². The van der Waals surface area contributed by atoms with Gasteiger partial charge in [-0.15, -0.1) is 0 Å². The van der Waals surface area contributed by atoms with Crippen LogP contribution in [0.1, 0.15) is 0 Å². The van der Waals surface area contributed by atoms with Crippen LogP contribution < -0.4 is 5.32 Å². The van der Waals surface area contributed by atoms with E-state index in [1.54, 1.807) is 12.1 Å². The van der Waals surface area contributed by atoms with Crippen LogP contribution in [-0.4, -0.2) is 27.0 Å². The van der Waals surface area contributed by atoms with Crippen LogP contribution in [0.4, 0.5) is 10.1 Å². The van der Waals surface area contributed by atoms with Crippen molar-refractivity contribution in [1.82, 2.24) is 0 Å². The molecule has 0 amide bonds. The molecule has 1 N–H and O–H groups in total. The van der Waals surface area contributed by atoms with E-state index in [2.05, 4.69) is 21.2 Å². The highest BCUT2D eigenvalue weighted by molar-refractivity contribution is 9.10. The van der Waals surface area contributed by atoms with Crippen LogP contribution in [0, 0.1) is 5.82 Å². The lowest BCUT2D eigenvalue weighted by Crippen LogP contribution is -2.14. The molecule has 15 heavy (non-hydrogen) atoms. The molecule has 0 aromatic heterocycles. The number of benzene rings is 1. The normalized spacial score (nSPS) is 11.4. The van der Waals surface area contributed by atoms with Crippen LogP contribution in [0.5, 0.6) is 0 Å². The maximum absolute atomic E-state index is 13.0. The number of nitrogens with one attached hydrogen (secondary N) is 1. The van der Waals surface area contributed by atoms with E-state index in [9.17, 15) is 12.8 Å². The van der Waals surface area contributed by atoms with Crippen LogP contribution in [0.3, 0.4) is 0 Å². The first-order chi connectivity index (χ1) is 6.88. The van der Waals surface area contributed by atoms with Crippen molar-refractivity contribution in [2.75, 3.05) is 23.9 Å². The maximum atomic E-state index is 13.0. The van der Waals surface area contributed by atoms with E-state index in [0.717, 1.165) is 6.26 Å².